The first-order valence-corrected chi connectivity index (χ1v) is 5.42. The fraction of sp³-hybridized carbons (Fsp3) is 0.364. The Hall–Kier alpha value is -0.630. The molecule has 0 amide bonds. The normalized spacial score (nSPS) is 12.5. The van der Waals surface area contributed by atoms with Crippen LogP contribution in [0.3, 0.4) is 0 Å². The fourth-order valence-electron chi connectivity index (χ4n) is 1.41. The summed E-state index contributed by atoms with van der Waals surface area (Å²) in [6.07, 6.45) is 0.982. The molecule has 0 N–H and O–H groups in total. The number of alkyl halides is 1. The van der Waals surface area contributed by atoms with Crippen molar-refractivity contribution in [2.24, 2.45) is 0 Å². The van der Waals surface area contributed by atoms with Crippen LogP contribution in [-0.4, -0.2) is 6.29 Å². The van der Waals surface area contributed by atoms with Crippen molar-refractivity contribution in [1.82, 2.24) is 0 Å². The minimum atomic E-state index is 0.00405. The van der Waals surface area contributed by atoms with Crippen molar-refractivity contribution in [3.8, 4) is 0 Å². The highest BCUT2D eigenvalue weighted by atomic mass is 79.9. The molecule has 1 nitrogen and oxygen atoms in total. The van der Waals surface area contributed by atoms with Crippen LogP contribution >= 0.6 is 15.9 Å². The highest BCUT2D eigenvalue weighted by Crippen LogP contribution is 2.19. The van der Waals surface area contributed by atoms with Crippen LogP contribution < -0.4 is 0 Å². The molecular weight excluding hydrogens is 228 g/mol. The second-order valence-corrected chi connectivity index (χ2v) is 3.81. The molecule has 1 aromatic rings. The summed E-state index contributed by atoms with van der Waals surface area (Å²) in [5.41, 5.74) is 3.57. The summed E-state index contributed by atoms with van der Waals surface area (Å²) in [6.45, 7) is 3.96. The Morgan fingerprint density at radius 2 is 2.23 bits per heavy atom. The minimum absolute atomic E-state index is 0.00405. The summed E-state index contributed by atoms with van der Waals surface area (Å²) in [5, 5.41) is 0.865. The van der Waals surface area contributed by atoms with Gasteiger partial charge in [0.15, 0.2) is 0 Å². The zero-order valence-electron chi connectivity index (χ0n) is 7.88. The van der Waals surface area contributed by atoms with Crippen molar-refractivity contribution in [1.29, 1.82) is 0 Å². The minimum Gasteiger partial charge on any atom is -0.303 e. The van der Waals surface area contributed by atoms with E-state index in [1.165, 1.54) is 11.1 Å². The van der Waals surface area contributed by atoms with Gasteiger partial charge in [-0.25, -0.2) is 0 Å². The summed E-state index contributed by atoms with van der Waals surface area (Å²) in [4.78, 5) is 10.6. The van der Waals surface area contributed by atoms with Gasteiger partial charge in [0, 0.05) is 11.2 Å². The van der Waals surface area contributed by atoms with Crippen molar-refractivity contribution >= 4 is 22.2 Å². The lowest BCUT2D eigenvalue weighted by molar-refractivity contribution is -0.108. The molecule has 0 radical (unpaired) electrons. The number of benzene rings is 1. The van der Waals surface area contributed by atoms with E-state index in [0.29, 0.717) is 0 Å². The molecule has 0 bridgehead atoms. The third-order valence-corrected chi connectivity index (χ3v) is 2.83. The molecule has 2 heteroatoms. The molecule has 0 aliphatic carbocycles. The summed E-state index contributed by atoms with van der Waals surface area (Å²) >= 11 is 3.40. The second kappa shape index (κ2) is 4.56. The van der Waals surface area contributed by atoms with E-state index in [4.69, 9.17) is 0 Å². The number of aldehydes is 1. The molecule has 0 saturated heterocycles. The number of hydrogen-bond acceptors (Lipinski definition) is 1. The van der Waals surface area contributed by atoms with Crippen molar-refractivity contribution in [3.05, 3.63) is 34.9 Å². The van der Waals surface area contributed by atoms with Gasteiger partial charge < -0.3 is 4.79 Å². The summed E-state index contributed by atoms with van der Waals surface area (Å²) in [5.74, 6) is 0.00405. The molecule has 0 saturated carbocycles. The Bertz CT molecular complexity index is 307. The highest BCUT2D eigenvalue weighted by molar-refractivity contribution is 9.08. The number of carbonyl (C=O) groups is 1. The maximum atomic E-state index is 10.6. The van der Waals surface area contributed by atoms with Crippen molar-refractivity contribution in [3.63, 3.8) is 0 Å². The van der Waals surface area contributed by atoms with E-state index >= 15 is 0 Å². The van der Waals surface area contributed by atoms with E-state index in [1.807, 2.05) is 19.9 Å². The van der Waals surface area contributed by atoms with Crippen LogP contribution in [0.15, 0.2) is 18.2 Å². The van der Waals surface area contributed by atoms with Gasteiger partial charge in [-0.05, 0) is 23.6 Å². The van der Waals surface area contributed by atoms with E-state index in [-0.39, 0.29) is 5.92 Å². The van der Waals surface area contributed by atoms with Crippen LogP contribution in [0.25, 0.3) is 0 Å². The maximum Gasteiger partial charge on any atom is 0.127 e. The van der Waals surface area contributed by atoms with Gasteiger partial charge in [0.25, 0.3) is 0 Å². The molecular formula is C11H13BrO. The van der Waals surface area contributed by atoms with Crippen molar-refractivity contribution < 1.29 is 4.79 Å². The van der Waals surface area contributed by atoms with E-state index < -0.39 is 0 Å². The summed E-state index contributed by atoms with van der Waals surface area (Å²) in [6, 6.07) is 6.20. The highest BCUT2D eigenvalue weighted by Gasteiger charge is 2.06. The van der Waals surface area contributed by atoms with Gasteiger partial charge in [-0.15, -0.1) is 0 Å². The fourth-order valence-corrected chi connectivity index (χ4v) is 1.75. The average Bonchev–Trinajstić information content (AvgIpc) is 2.16. The average molecular weight is 241 g/mol. The Balaban J connectivity index is 3.04. The first-order valence-electron chi connectivity index (χ1n) is 4.29. The number of halogens is 1. The molecule has 0 aliphatic rings. The van der Waals surface area contributed by atoms with Crippen molar-refractivity contribution in [2.75, 3.05) is 0 Å². The molecule has 70 valence electrons. The van der Waals surface area contributed by atoms with Gasteiger partial charge in [0.2, 0.25) is 0 Å². The van der Waals surface area contributed by atoms with E-state index in [2.05, 4.69) is 28.1 Å². The predicted molar refractivity (Wildman–Crippen MR) is 58.3 cm³/mol. The molecule has 0 fully saturated rings. The first-order chi connectivity index (χ1) is 6.19. The summed E-state index contributed by atoms with van der Waals surface area (Å²) < 4.78 is 0. The van der Waals surface area contributed by atoms with Crippen LogP contribution in [0.2, 0.25) is 0 Å². The zero-order valence-corrected chi connectivity index (χ0v) is 9.47. The third kappa shape index (κ3) is 2.41. The van der Waals surface area contributed by atoms with Crippen LogP contribution in [0.5, 0.6) is 0 Å². The quantitative estimate of drug-likeness (QED) is 0.586. The zero-order chi connectivity index (χ0) is 9.84. The van der Waals surface area contributed by atoms with Gasteiger partial charge in [-0.3, -0.25) is 0 Å². The Morgan fingerprint density at radius 3 is 2.69 bits per heavy atom. The third-order valence-electron chi connectivity index (χ3n) is 2.18. The first kappa shape index (κ1) is 10.5. The standard InChI is InChI=1S/C11H13BrO/c1-8-5-10(6-12)3-4-11(8)9(2)7-13/h3-5,7,9H,6H2,1-2H3. The summed E-state index contributed by atoms with van der Waals surface area (Å²) in [7, 11) is 0. The van der Waals surface area contributed by atoms with E-state index in [0.717, 1.165) is 17.2 Å². The molecule has 1 unspecified atom stereocenters. The molecule has 0 aliphatic heterocycles. The lowest BCUT2D eigenvalue weighted by atomic mass is 9.96. The molecule has 0 heterocycles. The number of carbonyl (C=O) groups excluding carboxylic acids is 1. The number of rotatable bonds is 3. The van der Waals surface area contributed by atoms with E-state index in [1.54, 1.807) is 0 Å². The SMILES string of the molecule is Cc1cc(CBr)ccc1C(C)C=O. The van der Waals surface area contributed by atoms with Crippen molar-refractivity contribution in [2.45, 2.75) is 25.1 Å². The smallest absolute Gasteiger partial charge is 0.127 e. The van der Waals surface area contributed by atoms with Gasteiger partial charge in [-0.1, -0.05) is 41.1 Å². The Morgan fingerprint density at radius 1 is 1.54 bits per heavy atom. The molecule has 0 aromatic heterocycles. The van der Waals surface area contributed by atoms with Gasteiger partial charge in [0.1, 0.15) is 6.29 Å². The van der Waals surface area contributed by atoms with Crippen LogP contribution in [0.1, 0.15) is 29.5 Å². The van der Waals surface area contributed by atoms with Gasteiger partial charge in [-0.2, -0.15) is 0 Å². The topological polar surface area (TPSA) is 17.1 Å². The van der Waals surface area contributed by atoms with Crippen LogP contribution in [0, 0.1) is 6.92 Å². The van der Waals surface area contributed by atoms with Crippen LogP contribution in [-0.2, 0) is 10.1 Å². The lowest BCUT2D eigenvalue weighted by Gasteiger charge is -2.09. The van der Waals surface area contributed by atoms with E-state index in [9.17, 15) is 4.79 Å². The van der Waals surface area contributed by atoms with Gasteiger partial charge in [0.05, 0.1) is 0 Å². The second-order valence-electron chi connectivity index (χ2n) is 3.25. The van der Waals surface area contributed by atoms with Crippen LogP contribution in [0.4, 0.5) is 0 Å². The Labute approximate surface area is 87.3 Å². The lowest BCUT2D eigenvalue weighted by Crippen LogP contribution is -1.97. The molecule has 1 rings (SSSR count). The monoisotopic (exact) mass is 240 g/mol. The number of hydrogen-bond donors (Lipinski definition) is 0. The predicted octanol–water partition coefficient (Wildman–Crippen LogP) is 3.19. The largest absolute Gasteiger partial charge is 0.303 e. The molecule has 13 heavy (non-hydrogen) atoms. The Kier molecular flexibility index (Phi) is 3.67. The number of aryl methyl sites for hydroxylation is 1. The molecule has 1 aromatic carbocycles. The molecule has 0 spiro atoms. The molecule has 1 atom stereocenters. The maximum absolute atomic E-state index is 10.6. The van der Waals surface area contributed by atoms with Gasteiger partial charge >= 0.3 is 0 Å².